The van der Waals surface area contributed by atoms with Crippen molar-refractivity contribution in [1.29, 1.82) is 0 Å². The highest BCUT2D eigenvalue weighted by atomic mass is 16.2. The number of nitrogens with one attached hydrogen (secondary N) is 2. The van der Waals surface area contributed by atoms with Crippen LogP contribution in [-0.2, 0) is 0 Å². The van der Waals surface area contributed by atoms with Crippen molar-refractivity contribution in [3.05, 3.63) is 42.1 Å². The van der Waals surface area contributed by atoms with E-state index in [2.05, 4.69) is 24.5 Å². The van der Waals surface area contributed by atoms with Crippen molar-refractivity contribution < 1.29 is 4.79 Å². The number of aryl methyl sites for hydroxylation is 1. The fraction of sp³-hybridized carbons (Fsp3) is 0.308. The van der Waals surface area contributed by atoms with Gasteiger partial charge in [-0.3, -0.25) is 0 Å². The number of allylic oxidation sites excluding steroid dienone is 1. The van der Waals surface area contributed by atoms with Gasteiger partial charge in [0.25, 0.3) is 0 Å². The first-order valence-corrected chi connectivity index (χ1v) is 5.39. The van der Waals surface area contributed by atoms with Gasteiger partial charge in [-0.1, -0.05) is 32.1 Å². The minimum Gasteiger partial charge on any atom is -0.315 e. The first-order chi connectivity index (χ1) is 7.58. The number of benzene rings is 1. The molecule has 0 heterocycles. The smallest absolute Gasteiger partial charge is 0.315 e. The van der Waals surface area contributed by atoms with E-state index in [0.29, 0.717) is 5.92 Å². The van der Waals surface area contributed by atoms with Crippen LogP contribution in [0.25, 0.3) is 0 Å². The van der Waals surface area contributed by atoms with Crippen LogP contribution >= 0.6 is 0 Å². The number of hydrogen-bond acceptors (Lipinski definition) is 1. The van der Waals surface area contributed by atoms with E-state index < -0.39 is 0 Å². The van der Waals surface area contributed by atoms with E-state index in [-0.39, 0.29) is 6.03 Å². The molecule has 0 radical (unpaired) electrons. The summed E-state index contributed by atoms with van der Waals surface area (Å²) in [5, 5.41) is 5.41. The fourth-order valence-electron chi connectivity index (χ4n) is 1.21. The van der Waals surface area contributed by atoms with Crippen LogP contribution in [0.4, 0.5) is 10.5 Å². The van der Waals surface area contributed by atoms with E-state index in [9.17, 15) is 4.79 Å². The standard InChI is InChI=1S/C13H18N2O/c1-10(2)7-8-14-13(16)15-12-6-4-5-11(3)9-12/h4-10H,1-3H3,(H2,14,15,16)/b8-7+. The zero-order valence-corrected chi connectivity index (χ0v) is 9.95. The number of carbonyl (C=O) groups excluding carboxylic acids is 1. The highest BCUT2D eigenvalue weighted by Crippen LogP contribution is 2.08. The molecule has 0 aliphatic heterocycles. The van der Waals surface area contributed by atoms with Crippen LogP contribution in [0.15, 0.2) is 36.5 Å². The summed E-state index contributed by atoms with van der Waals surface area (Å²) in [5.41, 5.74) is 1.92. The lowest BCUT2D eigenvalue weighted by Crippen LogP contribution is -2.23. The highest BCUT2D eigenvalue weighted by molar-refractivity contribution is 5.89. The molecular weight excluding hydrogens is 200 g/mol. The molecule has 1 rings (SSSR count). The third kappa shape index (κ3) is 4.64. The molecule has 3 heteroatoms. The largest absolute Gasteiger partial charge is 0.323 e. The lowest BCUT2D eigenvalue weighted by atomic mass is 10.2. The van der Waals surface area contributed by atoms with E-state index in [1.807, 2.05) is 37.3 Å². The Morgan fingerprint density at radius 3 is 2.75 bits per heavy atom. The zero-order valence-electron chi connectivity index (χ0n) is 9.95. The molecule has 3 nitrogen and oxygen atoms in total. The van der Waals surface area contributed by atoms with Crippen molar-refractivity contribution in [3.63, 3.8) is 0 Å². The molecule has 0 aliphatic rings. The second-order valence-corrected chi connectivity index (χ2v) is 4.07. The molecule has 0 unspecified atom stereocenters. The number of amides is 2. The van der Waals surface area contributed by atoms with E-state index in [1.165, 1.54) is 0 Å². The molecule has 16 heavy (non-hydrogen) atoms. The van der Waals surface area contributed by atoms with Crippen molar-refractivity contribution >= 4 is 11.7 Å². The first kappa shape index (κ1) is 12.3. The van der Waals surface area contributed by atoms with Gasteiger partial charge in [0, 0.05) is 11.9 Å². The van der Waals surface area contributed by atoms with Gasteiger partial charge < -0.3 is 10.6 Å². The summed E-state index contributed by atoms with van der Waals surface area (Å²) in [5.74, 6) is 0.430. The number of rotatable bonds is 3. The predicted octanol–water partition coefficient (Wildman–Crippen LogP) is 3.29. The Kier molecular flexibility index (Phi) is 4.58. The summed E-state index contributed by atoms with van der Waals surface area (Å²) in [7, 11) is 0. The summed E-state index contributed by atoms with van der Waals surface area (Å²) in [4.78, 5) is 11.4. The van der Waals surface area contributed by atoms with Crippen LogP contribution in [0.2, 0.25) is 0 Å². The minimum absolute atomic E-state index is 0.220. The van der Waals surface area contributed by atoms with Gasteiger partial charge in [0.15, 0.2) is 0 Å². The van der Waals surface area contributed by atoms with Crippen LogP contribution in [0.3, 0.4) is 0 Å². The Morgan fingerprint density at radius 2 is 2.12 bits per heavy atom. The molecule has 2 N–H and O–H groups in total. The topological polar surface area (TPSA) is 41.1 Å². The third-order valence-electron chi connectivity index (χ3n) is 1.97. The second kappa shape index (κ2) is 5.95. The van der Waals surface area contributed by atoms with E-state index in [4.69, 9.17) is 0 Å². The lowest BCUT2D eigenvalue weighted by molar-refractivity contribution is 0.255. The Morgan fingerprint density at radius 1 is 1.38 bits per heavy atom. The van der Waals surface area contributed by atoms with Crippen LogP contribution in [0.1, 0.15) is 19.4 Å². The Labute approximate surface area is 96.6 Å². The van der Waals surface area contributed by atoms with Gasteiger partial charge in [0.2, 0.25) is 0 Å². The van der Waals surface area contributed by atoms with Crippen molar-refractivity contribution in [2.24, 2.45) is 5.92 Å². The third-order valence-corrected chi connectivity index (χ3v) is 1.97. The molecule has 0 saturated heterocycles. The van der Waals surface area contributed by atoms with Crippen LogP contribution in [0.5, 0.6) is 0 Å². The predicted molar refractivity (Wildman–Crippen MR) is 67.3 cm³/mol. The Hall–Kier alpha value is -1.77. The van der Waals surface area contributed by atoms with Crippen molar-refractivity contribution in [3.8, 4) is 0 Å². The molecule has 0 bridgehead atoms. The summed E-state index contributed by atoms with van der Waals surface area (Å²) < 4.78 is 0. The Balaban J connectivity index is 2.46. The van der Waals surface area contributed by atoms with Gasteiger partial charge in [0.05, 0.1) is 0 Å². The second-order valence-electron chi connectivity index (χ2n) is 4.07. The molecule has 0 aliphatic carbocycles. The number of urea groups is 1. The average molecular weight is 218 g/mol. The molecule has 0 atom stereocenters. The fourth-order valence-corrected chi connectivity index (χ4v) is 1.21. The van der Waals surface area contributed by atoms with Crippen molar-refractivity contribution in [2.45, 2.75) is 20.8 Å². The Bertz CT molecular complexity index is 383. The SMILES string of the molecule is Cc1cccc(NC(=O)N/C=C/C(C)C)c1. The van der Waals surface area contributed by atoms with E-state index in [0.717, 1.165) is 11.3 Å². The molecule has 1 aromatic rings. The number of carbonyl (C=O) groups is 1. The average Bonchev–Trinajstić information content (AvgIpc) is 2.16. The summed E-state index contributed by atoms with van der Waals surface area (Å²) >= 11 is 0. The summed E-state index contributed by atoms with van der Waals surface area (Å²) in [6.45, 7) is 6.09. The van der Waals surface area contributed by atoms with Gasteiger partial charge in [-0.25, -0.2) is 4.79 Å². The maximum Gasteiger partial charge on any atom is 0.323 e. The van der Waals surface area contributed by atoms with Gasteiger partial charge >= 0.3 is 6.03 Å². The van der Waals surface area contributed by atoms with Gasteiger partial charge in [0.1, 0.15) is 0 Å². The molecule has 1 aromatic carbocycles. The minimum atomic E-state index is -0.220. The monoisotopic (exact) mass is 218 g/mol. The lowest BCUT2D eigenvalue weighted by Gasteiger charge is -2.05. The number of anilines is 1. The normalized spacial score (nSPS) is 10.8. The van der Waals surface area contributed by atoms with Gasteiger partial charge in [-0.05, 0) is 30.5 Å². The van der Waals surface area contributed by atoms with Crippen molar-refractivity contribution in [1.82, 2.24) is 5.32 Å². The summed E-state index contributed by atoms with van der Waals surface area (Å²) in [6, 6.07) is 7.46. The molecule has 86 valence electrons. The molecule has 0 saturated carbocycles. The van der Waals surface area contributed by atoms with Gasteiger partial charge in [-0.2, -0.15) is 0 Å². The van der Waals surface area contributed by atoms with E-state index in [1.54, 1.807) is 6.20 Å². The van der Waals surface area contributed by atoms with Gasteiger partial charge in [-0.15, -0.1) is 0 Å². The highest BCUT2D eigenvalue weighted by Gasteiger charge is 1.98. The first-order valence-electron chi connectivity index (χ1n) is 5.39. The maximum absolute atomic E-state index is 11.4. The zero-order chi connectivity index (χ0) is 12.0. The van der Waals surface area contributed by atoms with Crippen LogP contribution in [-0.4, -0.2) is 6.03 Å². The van der Waals surface area contributed by atoms with Crippen molar-refractivity contribution in [2.75, 3.05) is 5.32 Å². The van der Waals surface area contributed by atoms with E-state index >= 15 is 0 Å². The summed E-state index contributed by atoms with van der Waals surface area (Å²) in [6.07, 6.45) is 3.59. The molecule has 0 spiro atoms. The maximum atomic E-state index is 11.4. The molecule has 0 fully saturated rings. The number of hydrogen-bond donors (Lipinski definition) is 2. The molecule has 2 amide bonds. The molecule has 0 aromatic heterocycles. The van der Waals surface area contributed by atoms with Crippen LogP contribution < -0.4 is 10.6 Å². The molecular formula is C13H18N2O. The quantitative estimate of drug-likeness (QED) is 0.803. The van der Waals surface area contributed by atoms with Crippen LogP contribution in [0, 0.1) is 12.8 Å².